The second kappa shape index (κ2) is 7.45. The third kappa shape index (κ3) is 4.71. The molecule has 0 saturated carbocycles. The summed E-state index contributed by atoms with van der Waals surface area (Å²) >= 11 is 6.11. The van der Waals surface area contributed by atoms with Crippen molar-refractivity contribution in [2.24, 2.45) is 0 Å². The maximum absolute atomic E-state index is 6.11. The number of rotatable bonds is 7. The number of nitrogens with one attached hydrogen (secondary N) is 1. The number of ether oxygens (including phenoxy) is 1. The van der Waals surface area contributed by atoms with Crippen molar-refractivity contribution in [2.75, 3.05) is 19.7 Å². The molecule has 0 atom stereocenters. The van der Waals surface area contributed by atoms with Gasteiger partial charge in [-0.05, 0) is 55.6 Å². The zero-order chi connectivity index (χ0) is 13.5. The predicted octanol–water partition coefficient (Wildman–Crippen LogP) is 3.89. The van der Waals surface area contributed by atoms with E-state index in [1.165, 1.54) is 0 Å². The zero-order valence-corrected chi connectivity index (χ0v) is 12.2. The van der Waals surface area contributed by atoms with E-state index in [-0.39, 0.29) is 0 Å². The molecule has 0 aliphatic heterocycles. The highest BCUT2D eigenvalue weighted by atomic mass is 35.5. The zero-order valence-electron chi connectivity index (χ0n) is 11.5. The van der Waals surface area contributed by atoms with Crippen molar-refractivity contribution in [3.8, 4) is 5.75 Å². The molecule has 3 heteroatoms. The average Bonchev–Trinajstić information content (AvgIpc) is 2.33. The molecule has 2 nitrogen and oxygen atoms in total. The van der Waals surface area contributed by atoms with Crippen LogP contribution in [0.5, 0.6) is 5.75 Å². The van der Waals surface area contributed by atoms with Gasteiger partial charge in [-0.2, -0.15) is 0 Å². The van der Waals surface area contributed by atoms with Gasteiger partial charge in [-0.25, -0.2) is 0 Å². The Morgan fingerprint density at radius 2 is 1.94 bits per heavy atom. The highest BCUT2D eigenvalue weighted by molar-refractivity contribution is 6.32. The fraction of sp³-hybridized carbons (Fsp3) is 0.467. The van der Waals surface area contributed by atoms with Crippen molar-refractivity contribution in [2.45, 2.75) is 27.2 Å². The van der Waals surface area contributed by atoms with Gasteiger partial charge in [0.1, 0.15) is 12.4 Å². The highest BCUT2D eigenvalue weighted by Crippen LogP contribution is 2.25. The van der Waals surface area contributed by atoms with Crippen molar-refractivity contribution < 1.29 is 4.74 Å². The van der Waals surface area contributed by atoms with Crippen LogP contribution in [0.4, 0.5) is 0 Å². The predicted molar refractivity (Wildman–Crippen MR) is 78.7 cm³/mol. The smallest absolute Gasteiger partial charge is 0.120 e. The monoisotopic (exact) mass is 267 g/mol. The summed E-state index contributed by atoms with van der Waals surface area (Å²) in [6.45, 7) is 12.5. The van der Waals surface area contributed by atoms with Crippen LogP contribution in [0.1, 0.15) is 24.5 Å². The molecule has 0 saturated heterocycles. The van der Waals surface area contributed by atoms with Gasteiger partial charge in [-0.1, -0.05) is 25.1 Å². The maximum atomic E-state index is 6.11. The molecule has 18 heavy (non-hydrogen) atoms. The Labute approximate surface area is 115 Å². The van der Waals surface area contributed by atoms with E-state index in [1.807, 2.05) is 26.0 Å². The van der Waals surface area contributed by atoms with Gasteiger partial charge < -0.3 is 10.1 Å². The first kappa shape index (κ1) is 15.1. The van der Waals surface area contributed by atoms with E-state index >= 15 is 0 Å². The third-order valence-corrected chi connectivity index (χ3v) is 3.25. The number of halogens is 1. The summed E-state index contributed by atoms with van der Waals surface area (Å²) in [5, 5.41) is 4.11. The number of benzene rings is 1. The van der Waals surface area contributed by atoms with Crippen LogP contribution in [0.25, 0.3) is 0 Å². The van der Waals surface area contributed by atoms with Gasteiger partial charge in [-0.15, -0.1) is 0 Å². The Balaban J connectivity index is 2.46. The van der Waals surface area contributed by atoms with Gasteiger partial charge in [0.15, 0.2) is 0 Å². The van der Waals surface area contributed by atoms with E-state index in [0.717, 1.165) is 47.0 Å². The number of aryl methyl sites for hydroxylation is 2. The lowest BCUT2D eigenvalue weighted by Crippen LogP contribution is -2.20. The molecule has 0 radical (unpaired) electrons. The lowest BCUT2D eigenvalue weighted by Gasteiger charge is -2.12. The molecule has 1 aromatic carbocycles. The Hall–Kier alpha value is -0.990. The normalized spacial score (nSPS) is 10.4. The van der Waals surface area contributed by atoms with E-state index < -0.39 is 0 Å². The van der Waals surface area contributed by atoms with Crippen molar-refractivity contribution in [1.29, 1.82) is 0 Å². The van der Waals surface area contributed by atoms with E-state index in [1.54, 1.807) is 0 Å². The first-order chi connectivity index (χ1) is 8.54. The second-order valence-electron chi connectivity index (χ2n) is 4.59. The fourth-order valence-corrected chi connectivity index (χ4v) is 1.78. The Bertz CT molecular complexity index is 392. The van der Waals surface area contributed by atoms with Gasteiger partial charge in [-0.3, -0.25) is 0 Å². The van der Waals surface area contributed by atoms with Crippen LogP contribution in [0, 0.1) is 13.8 Å². The molecule has 0 aromatic heterocycles. The molecule has 0 unspecified atom stereocenters. The lowest BCUT2D eigenvalue weighted by molar-refractivity contribution is 0.348. The molecule has 1 rings (SSSR count). The third-order valence-electron chi connectivity index (χ3n) is 2.65. The minimum absolute atomic E-state index is 0.539. The van der Waals surface area contributed by atoms with Crippen LogP contribution in [-0.2, 0) is 0 Å². The summed E-state index contributed by atoms with van der Waals surface area (Å²) in [5.41, 5.74) is 3.14. The summed E-state index contributed by atoms with van der Waals surface area (Å²) in [6, 6.07) is 3.92. The molecule has 0 spiro atoms. The van der Waals surface area contributed by atoms with E-state index in [0.29, 0.717) is 6.61 Å². The van der Waals surface area contributed by atoms with Gasteiger partial charge in [0.05, 0.1) is 0 Å². The van der Waals surface area contributed by atoms with Crippen LogP contribution < -0.4 is 10.1 Å². The molecule has 1 aromatic rings. The largest absolute Gasteiger partial charge is 0.489 e. The van der Waals surface area contributed by atoms with Crippen LogP contribution in [0.15, 0.2) is 24.3 Å². The van der Waals surface area contributed by atoms with Crippen molar-refractivity contribution in [1.82, 2.24) is 5.32 Å². The fourth-order valence-electron chi connectivity index (χ4n) is 1.67. The molecule has 1 N–H and O–H groups in total. The van der Waals surface area contributed by atoms with Crippen molar-refractivity contribution in [3.63, 3.8) is 0 Å². The summed E-state index contributed by atoms with van der Waals surface area (Å²) in [5.74, 6) is 0.853. The molecule has 0 fully saturated rings. The maximum Gasteiger partial charge on any atom is 0.120 e. The van der Waals surface area contributed by atoms with Gasteiger partial charge in [0.2, 0.25) is 0 Å². The Morgan fingerprint density at radius 3 is 2.50 bits per heavy atom. The Morgan fingerprint density at radius 1 is 1.33 bits per heavy atom. The molecular weight excluding hydrogens is 246 g/mol. The van der Waals surface area contributed by atoms with Crippen LogP contribution in [0.3, 0.4) is 0 Å². The second-order valence-corrected chi connectivity index (χ2v) is 4.96. The first-order valence-electron chi connectivity index (χ1n) is 6.31. The van der Waals surface area contributed by atoms with Crippen molar-refractivity contribution >= 4 is 11.6 Å². The topological polar surface area (TPSA) is 21.3 Å². The minimum atomic E-state index is 0.539. The summed E-state index contributed by atoms with van der Waals surface area (Å²) in [7, 11) is 0. The summed E-state index contributed by atoms with van der Waals surface area (Å²) in [4.78, 5) is 0. The van der Waals surface area contributed by atoms with E-state index in [4.69, 9.17) is 16.3 Å². The molecule has 0 amide bonds. The number of hydrogen-bond acceptors (Lipinski definition) is 2. The quantitative estimate of drug-likeness (QED) is 0.598. The van der Waals surface area contributed by atoms with Crippen LogP contribution in [-0.4, -0.2) is 19.7 Å². The standard InChI is InChI=1S/C15H22ClNO/c1-5-6-17-9-11(2)10-18-14-7-12(3)15(16)13(4)8-14/h7-8,17H,2,5-6,9-10H2,1,3-4H3. The molecule has 0 bridgehead atoms. The van der Waals surface area contributed by atoms with Gasteiger partial charge in [0.25, 0.3) is 0 Å². The summed E-state index contributed by atoms with van der Waals surface area (Å²) in [6.07, 6.45) is 1.13. The minimum Gasteiger partial charge on any atom is -0.489 e. The average molecular weight is 268 g/mol. The van der Waals surface area contributed by atoms with Gasteiger partial charge in [0, 0.05) is 11.6 Å². The first-order valence-corrected chi connectivity index (χ1v) is 6.69. The molecule has 0 heterocycles. The SMILES string of the molecule is C=C(CNCCC)COc1cc(C)c(Cl)c(C)c1. The molecule has 100 valence electrons. The van der Waals surface area contributed by atoms with Crippen LogP contribution in [0.2, 0.25) is 5.02 Å². The van der Waals surface area contributed by atoms with Gasteiger partial charge >= 0.3 is 0 Å². The number of hydrogen-bond donors (Lipinski definition) is 1. The molecule has 0 aliphatic carbocycles. The highest BCUT2D eigenvalue weighted by Gasteiger charge is 2.04. The summed E-state index contributed by atoms with van der Waals surface area (Å²) < 4.78 is 5.72. The van der Waals surface area contributed by atoms with Crippen LogP contribution >= 0.6 is 11.6 Å². The van der Waals surface area contributed by atoms with Crippen molar-refractivity contribution in [3.05, 3.63) is 40.4 Å². The van der Waals surface area contributed by atoms with E-state index in [2.05, 4.69) is 18.8 Å². The Kier molecular flexibility index (Phi) is 6.23. The van der Waals surface area contributed by atoms with E-state index in [9.17, 15) is 0 Å². The molecule has 0 aliphatic rings. The lowest BCUT2D eigenvalue weighted by atomic mass is 10.1. The molecular formula is C15H22ClNO.